The van der Waals surface area contributed by atoms with Crippen LogP contribution in [0.4, 0.5) is 5.00 Å². The molecule has 1 aliphatic carbocycles. The normalized spacial score (nSPS) is 17.3. The fourth-order valence-electron chi connectivity index (χ4n) is 2.88. The average Bonchev–Trinajstić information content (AvgIpc) is 2.73. The quantitative estimate of drug-likeness (QED) is 0.809. The molecule has 0 spiro atoms. The number of amides is 1. The zero-order chi connectivity index (χ0) is 17.1. The molecule has 128 valence electrons. The van der Waals surface area contributed by atoms with Crippen molar-refractivity contribution in [1.29, 1.82) is 0 Å². The van der Waals surface area contributed by atoms with Gasteiger partial charge in [0.05, 0.1) is 11.7 Å². The third kappa shape index (κ3) is 4.56. The molecule has 1 aromatic rings. The van der Waals surface area contributed by atoms with Crippen molar-refractivity contribution >= 4 is 28.2 Å². The summed E-state index contributed by atoms with van der Waals surface area (Å²) in [4.78, 5) is 25.9. The summed E-state index contributed by atoms with van der Waals surface area (Å²) >= 11 is 1.54. The topological polar surface area (TPSA) is 55.4 Å². The molecule has 1 aliphatic rings. The molecule has 1 amide bonds. The maximum atomic E-state index is 12.5. The first kappa shape index (κ1) is 18.0. The summed E-state index contributed by atoms with van der Waals surface area (Å²) in [6.45, 7) is 9.93. The van der Waals surface area contributed by atoms with Crippen LogP contribution in [0.25, 0.3) is 0 Å². The van der Waals surface area contributed by atoms with E-state index in [9.17, 15) is 9.59 Å². The molecule has 0 fully saturated rings. The predicted octanol–water partition coefficient (Wildman–Crippen LogP) is 4.42. The number of carbonyl (C=O) groups excluding carboxylic acids is 2. The van der Waals surface area contributed by atoms with Crippen molar-refractivity contribution in [2.24, 2.45) is 11.8 Å². The van der Waals surface area contributed by atoms with E-state index in [0.717, 1.165) is 24.8 Å². The molecule has 5 heteroatoms. The second-order valence-corrected chi connectivity index (χ2v) is 8.26. The Morgan fingerprint density at radius 2 is 2.00 bits per heavy atom. The Bertz CT molecular complexity index is 589. The Labute approximate surface area is 142 Å². The predicted molar refractivity (Wildman–Crippen MR) is 94.1 cm³/mol. The SMILES string of the molecule is CC(C)CC(=O)Nc1sc2c(c1C(=O)OC(C)C)CCC(C)C2. The van der Waals surface area contributed by atoms with E-state index in [1.54, 1.807) is 11.3 Å². The molecule has 0 saturated carbocycles. The van der Waals surface area contributed by atoms with Gasteiger partial charge < -0.3 is 10.1 Å². The molecule has 1 aromatic heterocycles. The minimum absolute atomic E-state index is 0.0368. The third-order valence-corrected chi connectivity index (χ3v) is 5.07. The fourth-order valence-corrected chi connectivity index (χ4v) is 4.29. The van der Waals surface area contributed by atoms with E-state index in [0.29, 0.717) is 22.9 Å². The van der Waals surface area contributed by atoms with Crippen LogP contribution in [0.5, 0.6) is 0 Å². The van der Waals surface area contributed by atoms with Crippen molar-refractivity contribution in [1.82, 2.24) is 0 Å². The van der Waals surface area contributed by atoms with E-state index in [1.807, 2.05) is 27.7 Å². The number of nitrogens with one attached hydrogen (secondary N) is 1. The summed E-state index contributed by atoms with van der Waals surface area (Å²) in [5, 5.41) is 3.61. The fraction of sp³-hybridized carbons (Fsp3) is 0.667. The van der Waals surface area contributed by atoms with Crippen molar-refractivity contribution < 1.29 is 14.3 Å². The van der Waals surface area contributed by atoms with E-state index >= 15 is 0 Å². The van der Waals surface area contributed by atoms with Crippen molar-refractivity contribution in [3.05, 3.63) is 16.0 Å². The van der Waals surface area contributed by atoms with E-state index in [4.69, 9.17) is 4.74 Å². The molecular formula is C18H27NO3S. The molecular weight excluding hydrogens is 310 g/mol. The van der Waals surface area contributed by atoms with Gasteiger partial charge in [-0.05, 0) is 50.5 Å². The summed E-state index contributed by atoms with van der Waals surface area (Å²) in [5.74, 6) is 0.558. The van der Waals surface area contributed by atoms with Gasteiger partial charge in [-0.2, -0.15) is 0 Å². The van der Waals surface area contributed by atoms with Crippen LogP contribution in [0, 0.1) is 11.8 Å². The van der Waals surface area contributed by atoms with E-state index in [-0.39, 0.29) is 23.9 Å². The molecule has 0 saturated heterocycles. The molecule has 0 aliphatic heterocycles. The zero-order valence-electron chi connectivity index (χ0n) is 14.7. The molecule has 23 heavy (non-hydrogen) atoms. The van der Waals surface area contributed by atoms with Gasteiger partial charge in [0.2, 0.25) is 5.91 Å². The van der Waals surface area contributed by atoms with E-state index < -0.39 is 0 Å². The van der Waals surface area contributed by atoms with Gasteiger partial charge in [-0.1, -0.05) is 20.8 Å². The number of anilines is 1. The van der Waals surface area contributed by atoms with Crippen LogP contribution in [-0.2, 0) is 22.4 Å². The maximum Gasteiger partial charge on any atom is 0.341 e. The molecule has 2 rings (SSSR count). The number of esters is 1. The van der Waals surface area contributed by atoms with E-state index in [2.05, 4.69) is 12.2 Å². The van der Waals surface area contributed by atoms with E-state index in [1.165, 1.54) is 4.88 Å². The Morgan fingerprint density at radius 1 is 1.30 bits per heavy atom. The van der Waals surface area contributed by atoms with Gasteiger partial charge in [-0.3, -0.25) is 4.79 Å². The molecule has 1 heterocycles. The highest BCUT2D eigenvalue weighted by atomic mass is 32.1. The highest BCUT2D eigenvalue weighted by Gasteiger charge is 2.29. The number of thiophene rings is 1. The van der Waals surface area contributed by atoms with Gasteiger partial charge in [-0.25, -0.2) is 4.79 Å². The molecule has 0 radical (unpaired) electrons. The number of ether oxygens (including phenoxy) is 1. The minimum atomic E-state index is -0.313. The number of carbonyl (C=O) groups is 2. The summed E-state index contributed by atoms with van der Waals surface area (Å²) in [6, 6.07) is 0. The summed E-state index contributed by atoms with van der Waals surface area (Å²) in [6.07, 6.45) is 3.22. The van der Waals surface area contributed by atoms with Gasteiger partial charge in [0.15, 0.2) is 0 Å². The van der Waals surface area contributed by atoms with Crippen LogP contribution in [0.2, 0.25) is 0 Å². The van der Waals surface area contributed by atoms with Crippen LogP contribution >= 0.6 is 11.3 Å². The van der Waals surface area contributed by atoms with Crippen molar-refractivity contribution in [2.75, 3.05) is 5.32 Å². The summed E-state index contributed by atoms with van der Waals surface area (Å²) < 4.78 is 5.41. The van der Waals surface area contributed by atoms with Crippen LogP contribution in [0.3, 0.4) is 0 Å². The van der Waals surface area contributed by atoms with Crippen molar-refractivity contribution in [2.45, 2.75) is 66.4 Å². The Balaban J connectivity index is 2.32. The van der Waals surface area contributed by atoms with Crippen molar-refractivity contribution in [3.63, 3.8) is 0 Å². The van der Waals surface area contributed by atoms with Gasteiger partial charge in [0, 0.05) is 11.3 Å². The number of hydrogen-bond donors (Lipinski definition) is 1. The summed E-state index contributed by atoms with van der Waals surface area (Å²) in [7, 11) is 0. The third-order valence-electron chi connectivity index (χ3n) is 3.91. The Morgan fingerprint density at radius 3 is 2.61 bits per heavy atom. The number of hydrogen-bond acceptors (Lipinski definition) is 4. The van der Waals surface area contributed by atoms with Crippen LogP contribution < -0.4 is 5.32 Å². The Hall–Kier alpha value is -1.36. The first-order chi connectivity index (χ1) is 10.8. The largest absolute Gasteiger partial charge is 0.459 e. The molecule has 1 atom stereocenters. The molecule has 4 nitrogen and oxygen atoms in total. The van der Waals surface area contributed by atoms with Gasteiger partial charge >= 0.3 is 5.97 Å². The van der Waals surface area contributed by atoms with Crippen LogP contribution in [-0.4, -0.2) is 18.0 Å². The number of rotatable bonds is 5. The monoisotopic (exact) mass is 337 g/mol. The summed E-state index contributed by atoms with van der Waals surface area (Å²) in [5.41, 5.74) is 1.67. The Kier molecular flexibility index (Phi) is 5.84. The molecule has 0 aromatic carbocycles. The van der Waals surface area contributed by atoms with Gasteiger partial charge in [-0.15, -0.1) is 11.3 Å². The van der Waals surface area contributed by atoms with Gasteiger partial charge in [0.1, 0.15) is 5.00 Å². The highest BCUT2D eigenvalue weighted by Crippen LogP contribution is 2.40. The lowest BCUT2D eigenvalue weighted by molar-refractivity contribution is -0.116. The average molecular weight is 337 g/mol. The highest BCUT2D eigenvalue weighted by molar-refractivity contribution is 7.17. The molecule has 1 N–H and O–H groups in total. The maximum absolute atomic E-state index is 12.5. The van der Waals surface area contributed by atoms with Crippen LogP contribution in [0.1, 0.15) is 68.3 Å². The lowest BCUT2D eigenvalue weighted by Gasteiger charge is -2.19. The first-order valence-electron chi connectivity index (χ1n) is 8.43. The standard InChI is InChI=1S/C18H27NO3S/c1-10(2)8-15(20)19-17-16(18(21)22-11(3)4)13-7-6-12(5)9-14(13)23-17/h10-12H,6-9H2,1-5H3,(H,19,20). The van der Waals surface area contributed by atoms with Crippen LogP contribution in [0.15, 0.2) is 0 Å². The smallest absolute Gasteiger partial charge is 0.341 e. The first-order valence-corrected chi connectivity index (χ1v) is 9.24. The second kappa shape index (κ2) is 7.47. The second-order valence-electron chi connectivity index (χ2n) is 7.16. The number of fused-ring (bicyclic) bond motifs is 1. The lowest BCUT2D eigenvalue weighted by Crippen LogP contribution is -2.19. The van der Waals surface area contributed by atoms with Crippen molar-refractivity contribution in [3.8, 4) is 0 Å². The zero-order valence-corrected chi connectivity index (χ0v) is 15.5. The molecule has 0 bridgehead atoms. The van der Waals surface area contributed by atoms with Gasteiger partial charge in [0.25, 0.3) is 0 Å². The molecule has 1 unspecified atom stereocenters. The lowest BCUT2D eigenvalue weighted by atomic mass is 9.88. The minimum Gasteiger partial charge on any atom is -0.459 e.